The van der Waals surface area contributed by atoms with Crippen LogP contribution in [0.3, 0.4) is 0 Å². The van der Waals surface area contributed by atoms with Gasteiger partial charge in [0.2, 0.25) is 5.91 Å². The van der Waals surface area contributed by atoms with E-state index in [1.54, 1.807) is 0 Å². The molecule has 0 saturated carbocycles. The predicted octanol–water partition coefficient (Wildman–Crippen LogP) is 1.70. The molecule has 1 aromatic heterocycles. The second kappa shape index (κ2) is 4.84. The molecule has 1 unspecified atom stereocenters. The van der Waals surface area contributed by atoms with Crippen LogP contribution in [-0.2, 0) is 11.2 Å². The average molecular weight is 256 g/mol. The number of primary amides is 1. The normalized spacial score (nSPS) is 18.6. The zero-order chi connectivity index (χ0) is 13.2. The summed E-state index contributed by atoms with van der Waals surface area (Å²) in [7, 11) is 0. The molecule has 3 rings (SSSR count). The van der Waals surface area contributed by atoms with Crippen LogP contribution in [0.25, 0.3) is 11.4 Å². The van der Waals surface area contributed by atoms with E-state index in [0.717, 1.165) is 42.9 Å². The Morgan fingerprint density at radius 1 is 1.21 bits per heavy atom. The zero-order valence-corrected chi connectivity index (χ0v) is 10.6. The Kier molecular flexibility index (Phi) is 3.03. The van der Waals surface area contributed by atoms with Gasteiger partial charge in [0.05, 0.1) is 0 Å². The van der Waals surface area contributed by atoms with Gasteiger partial charge in [0.15, 0.2) is 5.82 Å². The maximum atomic E-state index is 11.7. The van der Waals surface area contributed by atoms with Gasteiger partial charge in [-0.05, 0) is 12.8 Å². The molecule has 5 heteroatoms. The lowest BCUT2D eigenvalue weighted by atomic mass is 10.1. The van der Waals surface area contributed by atoms with Crippen molar-refractivity contribution >= 4 is 5.91 Å². The zero-order valence-electron chi connectivity index (χ0n) is 10.6. The number of amides is 1. The summed E-state index contributed by atoms with van der Waals surface area (Å²) >= 11 is 0. The quantitative estimate of drug-likeness (QED) is 0.888. The van der Waals surface area contributed by atoms with E-state index in [4.69, 9.17) is 5.73 Å². The van der Waals surface area contributed by atoms with Gasteiger partial charge in [0.1, 0.15) is 11.9 Å². The van der Waals surface area contributed by atoms with Crippen LogP contribution in [0.2, 0.25) is 0 Å². The predicted molar refractivity (Wildman–Crippen MR) is 71.2 cm³/mol. The number of rotatable bonds is 2. The molecule has 1 atom stereocenters. The van der Waals surface area contributed by atoms with E-state index >= 15 is 0 Å². The van der Waals surface area contributed by atoms with E-state index in [9.17, 15) is 4.79 Å². The van der Waals surface area contributed by atoms with Crippen molar-refractivity contribution < 1.29 is 4.79 Å². The summed E-state index contributed by atoms with van der Waals surface area (Å²) < 4.78 is 1.92. The average Bonchev–Trinajstić information content (AvgIpc) is 2.72. The van der Waals surface area contributed by atoms with Crippen LogP contribution in [0.15, 0.2) is 30.3 Å². The molecule has 1 aliphatic rings. The maximum absolute atomic E-state index is 11.7. The van der Waals surface area contributed by atoms with Crippen molar-refractivity contribution in [1.82, 2.24) is 14.8 Å². The summed E-state index contributed by atoms with van der Waals surface area (Å²) in [5, 5.41) is 8.48. The highest BCUT2D eigenvalue weighted by Gasteiger charge is 2.27. The minimum Gasteiger partial charge on any atom is -0.368 e. The van der Waals surface area contributed by atoms with E-state index in [2.05, 4.69) is 10.2 Å². The van der Waals surface area contributed by atoms with Crippen LogP contribution in [0, 0.1) is 0 Å². The molecule has 2 N–H and O–H groups in total. The third kappa shape index (κ3) is 2.12. The molecule has 0 fully saturated rings. The first kappa shape index (κ1) is 11.9. The molecule has 1 amide bonds. The minimum absolute atomic E-state index is 0.305. The fourth-order valence-electron chi connectivity index (χ4n) is 2.63. The van der Waals surface area contributed by atoms with Gasteiger partial charge in [-0.15, -0.1) is 10.2 Å². The first-order valence-electron chi connectivity index (χ1n) is 6.56. The number of hydrogen-bond donors (Lipinski definition) is 1. The van der Waals surface area contributed by atoms with E-state index in [1.807, 2.05) is 34.9 Å². The Labute approximate surface area is 111 Å². The Hall–Kier alpha value is -2.17. The lowest BCUT2D eigenvalue weighted by Gasteiger charge is -2.16. The summed E-state index contributed by atoms with van der Waals surface area (Å²) in [6, 6.07) is 9.47. The molecular weight excluding hydrogens is 240 g/mol. The smallest absolute Gasteiger partial charge is 0.240 e. The SMILES string of the molecule is NC(=O)C1CCCCc2nnc(-c3ccccc3)n21. The Morgan fingerprint density at radius 2 is 2.00 bits per heavy atom. The van der Waals surface area contributed by atoms with E-state index in [0.29, 0.717) is 0 Å². The Morgan fingerprint density at radius 3 is 2.74 bits per heavy atom. The Bertz CT molecular complexity index is 591. The number of nitrogens with two attached hydrogens (primary N) is 1. The van der Waals surface area contributed by atoms with Crippen molar-refractivity contribution in [2.45, 2.75) is 31.7 Å². The molecule has 1 aliphatic heterocycles. The number of fused-ring (bicyclic) bond motifs is 1. The lowest BCUT2D eigenvalue weighted by Crippen LogP contribution is -2.27. The third-order valence-electron chi connectivity index (χ3n) is 3.57. The van der Waals surface area contributed by atoms with E-state index in [-0.39, 0.29) is 11.9 Å². The van der Waals surface area contributed by atoms with Crippen molar-refractivity contribution in [2.24, 2.45) is 5.73 Å². The second-order valence-corrected chi connectivity index (χ2v) is 4.84. The number of carbonyl (C=O) groups excluding carboxylic acids is 1. The van der Waals surface area contributed by atoms with Crippen molar-refractivity contribution in [2.75, 3.05) is 0 Å². The van der Waals surface area contributed by atoms with Gasteiger partial charge in [0, 0.05) is 12.0 Å². The molecular formula is C14H16N4O. The summed E-state index contributed by atoms with van der Waals surface area (Å²) in [4.78, 5) is 11.7. The largest absolute Gasteiger partial charge is 0.368 e. The fraction of sp³-hybridized carbons (Fsp3) is 0.357. The van der Waals surface area contributed by atoms with Gasteiger partial charge in [-0.3, -0.25) is 9.36 Å². The molecule has 19 heavy (non-hydrogen) atoms. The first-order chi connectivity index (χ1) is 9.27. The monoisotopic (exact) mass is 256 g/mol. The van der Waals surface area contributed by atoms with Crippen LogP contribution < -0.4 is 5.73 Å². The number of carbonyl (C=O) groups is 1. The van der Waals surface area contributed by atoms with Crippen molar-refractivity contribution in [3.05, 3.63) is 36.2 Å². The molecule has 98 valence electrons. The van der Waals surface area contributed by atoms with Gasteiger partial charge >= 0.3 is 0 Å². The number of hydrogen-bond acceptors (Lipinski definition) is 3. The molecule has 1 aromatic carbocycles. The maximum Gasteiger partial charge on any atom is 0.240 e. The van der Waals surface area contributed by atoms with Crippen molar-refractivity contribution in [3.8, 4) is 11.4 Å². The van der Waals surface area contributed by atoms with Gasteiger partial charge in [-0.1, -0.05) is 36.8 Å². The minimum atomic E-state index is -0.331. The van der Waals surface area contributed by atoms with E-state index < -0.39 is 0 Å². The van der Waals surface area contributed by atoms with Gasteiger partial charge < -0.3 is 5.73 Å². The van der Waals surface area contributed by atoms with Gasteiger partial charge in [-0.2, -0.15) is 0 Å². The summed E-state index contributed by atoms with van der Waals surface area (Å²) in [6.07, 6.45) is 3.63. The second-order valence-electron chi connectivity index (χ2n) is 4.84. The highest BCUT2D eigenvalue weighted by Crippen LogP contribution is 2.28. The summed E-state index contributed by atoms with van der Waals surface area (Å²) in [5.74, 6) is 1.29. The van der Waals surface area contributed by atoms with E-state index in [1.165, 1.54) is 0 Å². The lowest BCUT2D eigenvalue weighted by molar-refractivity contribution is -0.121. The van der Waals surface area contributed by atoms with Gasteiger partial charge in [0.25, 0.3) is 0 Å². The molecule has 0 bridgehead atoms. The highest BCUT2D eigenvalue weighted by atomic mass is 16.1. The molecule has 5 nitrogen and oxygen atoms in total. The Balaban J connectivity index is 2.13. The number of nitrogens with zero attached hydrogens (tertiary/aromatic N) is 3. The molecule has 0 saturated heterocycles. The van der Waals surface area contributed by atoms with Gasteiger partial charge in [-0.25, -0.2) is 0 Å². The molecule has 0 spiro atoms. The number of aryl methyl sites for hydroxylation is 1. The number of aromatic nitrogens is 3. The third-order valence-corrected chi connectivity index (χ3v) is 3.57. The van der Waals surface area contributed by atoms with Crippen molar-refractivity contribution in [1.29, 1.82) is 0 Å². The molecule has 0 radical (unpaired) electrons. The summed E-state index contributed by atoms with van der Waals surface area (Å²) in [5.41, 5.74) is 6.51. The topological polar surface area (TPSA) is 73.8 Å². The van der Waals surface area contributed by atoms with Crippen LogP contribution >= 0.6 is 0 Å². The van der Waals surface area contributed by atoms with Crippen LogP contribution in [0.4, 0.5) is 0 Å². The first-order valence-corrected chi connectivity index (χ1v) is 6.56. The molecule has 0 aliphatic carbocycles. The molecule has 2 aromatic rings. The highest BCUT2D eigenvalue weighted by molar-refractivity contribution is 5.79. The van der Waals surface area contributed by atoms with Crippen LogP contribution in [0.5, 0.6) is 0 Å². The molecule has 2 heterocycles. The standard InChI is InChI=1S/C14H16N4O/c15-13(19)11-8-4-5-9-12-16-17-14(18(11)12)10-6-2-1-3-7-10/h1-3,6-7,11H,4-5,8-9H2,(H2,15,19). The van der Waals surface area contributed by atoms with Crippen molar-refractivity contribution in [3.63, 3.8) is 0 Å². The van der Waals surface area contributed by atoms with Crippen LogP contribution in [0.1, 0.15) is 31.1 Å². The fourth-order valence-corrected chi connectivity index (χ4v) is 2.63. The number of benzene rings is 1. The van der Waals surface area contributed by atoms with Crippen LogP contribution in [-0.4, -0.2) is 20.7 Å². The summed E-state index contributed by atoms with van der Waals surface area (Å²) in [6.45, 7) is 0.